The van der Waals surface area contributed by atoms with Crippen LogP contribution in [0.5, 0.6) is 0 Å². The van der Waals surface area contributed by atoms with E-state index in [1.54, 1.807) is 12.5 Å². The van der Waals surface area contributed by atoms with Crippen LogP contribution in [0, 0.1) is 6.92 Å². The van der Waals surface area contributed by atoms with Crippen LogP contribution in [0.3, 0.4) is 0 Å². The van der Waals surface area contributed by atoms with Crippen LogP contribution < -0.4 is 0 Å². The highest BCUT2D eigenvalue weighted by atomic mass is 16.5. The van der Waals surface area contributed by atoms with Crippen LogP contribution in [0.2, 0.25) is 0 Å². The zero-order chi connectivity index (χ0) is 18.4. The molecular formula is C19H27N5O2. The van der Waals surface area contributed by atoms with Crippen LogP contribution >= 0.6 is 0 Å². The van der Waals surface area contributed by atoms with Crippen LogP contribution in [0.4, 0.5) is 0 Å². The van der Waals surface area contributed by atoms with Crippen molar-refractivity contribution in [1.82, 2.24) is 24.4 Å². The summed E-state index contributed by atoms with van der Waals surface area (Å²) in [6, 6.07) is 2.00. The summed E-state index contributed by atoms with van der Waals surface area (Å²) in [4.78, 5) is 27.2. The Morgan fingerprint density at radius 2 is 2.23 bits per heavy atom. The van der Waals surface area contributed by atoms with Crippen molar-refractivity contribution in [2.45, 2.75) is 52.2 Å². The van der Waals surface area contributed by atoms with Crippen molar-refractivity contribution in [1.29, 1.82) is 0 Å². The normalized spacial score (nSPS) is 17.5. The molecule has 1 amide bonds. The second-order valence-electron chi connectivity index (χ2n) is 6.66. The number of morpholine rings is 1. The van der Waals surface area contributed by atoms with E-state index in [2.05, 4.69) is 26.4 Å². The predicted octanol–water partition coefficient (Wildman–Crippen LogP) is 1.79. The fraction of sp³-hybridized carbons (Fsp3) is 0.579. The second kappa shape index (κ2) is 8.89. The molecular weight excluding hydrogens is 330 g/mol. The molecule has 2 aromatic heterocycles. The van der Waals surface area contributed by atoms with Gasteiger partial charge in [0.1, 0.15) is 12.2 Å². The van der Waals surface area contributed by atoms with Crippen molar-refractivity contribution in [3.05, 3.63) is 42.0 Å². The molecule has 0 N–H and O–H groups in total. The molecule has 0 spiro atoms. The maximum atomic E-state index is 12.6. The number of ether oxygens (including phenoxy) is 1. The van der Waals surface area contributed by atoms with Gasteiger partial charge in [0.25, 0.3) is 0 Å². The largest absolute Gasteiger partial charge is 0.375 e. The Labute approximate surface area is 154 Å². The third kappa shape index (κ3) is 4.88. The highest BCUT2D eigenvalue weighted by Gasteiger charge is 2.24. The van der Waals surface area contributed by atoms with Crippen LogP contribution in [0.1, 0.15) is 37.0 Å². The standard InChI is InChI=1S/C19H27N5O2/c1-3-18-20-7-9-23(18)8-6-19(25)24-10-11-26-17(13-24)5-4-16-12-15(2)21-14-22-16/h7,9,12,14,17H,3-6,8,10-11,13H2,1-2H3/t17-/m1/s1. The molecule has 0 bridgehead atoms. The summed E-state index contributed by atoms with van der Waals surface area (Å²) in [5.74, 6) is 1.21. The molecule has 1 saturated heterocycles. The molecule has 7 heteroatoms. The zero-order valence-electron chi connectivity index (χ0n) is 15.6. The number of hydrogen-bond donors (Lipinski definition) is 0. The van der Waals surface area contributed by atoms with Crippen molar-refractivity contribution in [3.63, 3.8) is 0 Å². The minimum absolute atomic E-state index is 0.0717. The molecule has 3 rings (SSSR count). The van der Waals surface area contributed by atoms with Crippen molar-refractivity contribution in [2.75, 3.05) is 19.7 Å². The lowest BCUT2D eigenvalue weighted by molar-refractivity contribution is -0.139. The van der Waals surface area contributed by atoms with Gasteiger partial charge in [-0.05, 0) is 25.8 Å². The van der Waals surface area contributed by atoms with Gasteiger partial charge in [-0.2, -0.15) is 0 Å². The van der Waals surface area contributed by atoms with Gasteiger partial charge in [0, 0.05) is 56.3 Å². The third-order valence-electron chi connectivity index (χ3n) is 4.76. The van der Waals surface area contributed by atoms with E-state index in [1.165, 1.54) is 0 Å². The Balaban J connectivity index is 1.47. The first kappa shape index (κ1) is 18.5. The lowest BCUT2D eigenvalue weighted by Crippen LogP contribution is -2.46. The molecule has 26 heavy (non-hydrogen) atoms. The van der Waals surface area contributed by atoms with Crippen molar-refractivity contribution < 1.29 is 9.53 Å². The number of rotatable bonds is 7. The lowest BCUT2D eigenvalue weighted by Gasteiger charge is -2.33. The minimum Gasteiger partial charge on any atom is -0.375 e. The van der Waals surface area contributed by atoms with Crippen LogP contribution in [0.25, 0.3) is 0 Å². The molecule has 1 fully saturated rings. The maximum absolute atomic E-state index is 12.6. The molecule has 2 aromatic rings. The van der Waals surface area contributed by atoms with Crippen LogP contribution in [-0.4, -0.2) is 56.1 Å². The fourth-order valence-electron chi connectivity index (χ4n) is 3.31. The molecule has 140 valence electrons. The van der Waals surface area contributed by atoms with E-state index in [-0.39, 0.29) is 12.0 Å². The zero-order valence-corrected chi connectivity index (χ0v) is 15.6. The van der Waals surface area contributed by atoms with Crippen LogP contribution in [0.15, 0.2) is 24.8 Å². The number of amides is 1. The topological polar surface area (TPSA) is 73.1 Å². The Kier molecular flexibility index (Phi) is 6.33. The molecule has 0 saturated carbocycles. The van der Waals surface area contributed by atoms with E-state index < -0.39 is 0 Å². The Morgan fingerprint density at radius 1 is 1.35 bits per heavy atom. The smallest absolute Gasteiger partial charge is 0.224 e. The van der Waals surface area contributed by atoms with E-state index in [0.29, 0.717) is 32.7 Å². The van der Waals surface area contributed by atoms with Gasteiger partial charge >= 0.3 is 0 Å². The first-order valence-electron chi connectivity index (χ1n) is 9.32. The molecule has 0 aromatic carbocycles. The predicted molar refractivity (Wildman–Crippen MR) is 97.6 cm³/mol. The quantitative estimate of drug-likeness (QED) is 0.755. The molecule has 0 radical (unpaired) electrons. The molecule has 7 nitrogen and oxygen atoms in total. The fourth-order valence-corrected chi connectivity index (χ4v) is 3.31. The van der Waals surface area contributed by atoms with E-state index in [0.717, 1.165) is 36.5 Å². The van der Waals surface area contributed by atoms with Gasteiger partial charge in [-0.15, -0.1) is 0 Å². The maximum Gasteiger partial charge on any atom is 0.224 e. The van der Waals surface area contributed by atoms with Gasteiger partial charge in [0.05, 0.1) is 12.7 Å². The summed E-state index contributed by atoms with van der Waals surface area (Å²) in [5, 5.41) is 0. The summed E-state index contributed by atoms with van der Waals surface area (Å²) in [6.45, 7) is 6.66. The molecule has 1 aliphatic rings. The SMILES string of the molecule is CCc1nccn1CCC(=O)N1CCO[C@H](CCc2cc(C)ncn2)C1. The van der Waals surface area contributed by atoms with Crippen molar-refractivity contribution in [3.8, 4) is 0 Å². The summed E-state index contributed by atoms with van der Waals surface area (Å²) in [6.07, 6.45) is 8.49. The minimum atomic E-state index is 0.0717. The van der Waals surface area contributed by atoms with E-state index in [1.807, 2.05) is 24.1 Å². The van der Waals surface area contributed by atoms with Gasteiger partial charge in [0.15, 0.2) is 0 Å². The first-order valence-corrected chi connectivity index (χ1v) is 9.32. The Bertz CT molecular complexity index is 730. The highest BCUT2D eigenvalue weighted by Crippen LogP contribution is 2.13. The lowest BCUT2D eigenvalue weighted by atomic mass is 10.1. The van der Waals surface area contributed by atoms with Crippen LogP contribution in [-0.2, 0) is 28.9 Å². The van der Waals surface area contributed by atoms with Gasteiger partial charge in [0.2, 0.25) is 5.91 Å². The van der Waals surface area contributed by atoms with E-state index in [9.17, 15) is 4.79 Å². The van der Waals surface area contributed by atoms with Gasteiger partial charge < -0.3 is 14.2 Å². The van der Waals surface area contributed by atoms with E-state index in [4.69, 9.17) is 4.74 Å². The summed E-state index contributed by atoms with van der Waals surface area (Å²) in [7, 11) is 0. The monoisotopic (exact) mass is 357 g/mol. The summed E-state index contributed by atoms with van der Waals surface area (Å²) in [5.41, 5.74) is 2.00. The number of hydrogen-bond acceptors (Lipinski definition) is 5. The van der Waals surface area contributed by atoms with Crippen molar-refractivity contribution in [2.24, 2.45) is 0 Å². The van der Waals surface area contributed by atoms with Gasteiger partial charge in [-0.1, -0.05) is 6.92 Å². The van der Waals surface area contributed by atoms with Gasteiger partial charge in [-0.3, -0.25) is 4.79 Å². The number of nitrogens with zero attached hydrogens (tertiary/aromatic N) is 5. The second-order valence-corrected chi connectivity index (χ2v) is 6.66. The Hall–Kier alpha value is -2.28. The number of carbonyl (C=O) groups is 1. The first-order chi connectivity index (χ1) is 12.7. The molecule has 3 heterocycles. The van der Waals surface area contributed by atoms with Crippen molar-refractivity contribution >= 4 is 5.91 Å². The number of imidazole rings is 1. The van der Waals surface area contributed by atoms with Gasteiger partial charge in [-0.25, -0.2) is 15.0 Å². The summed E-state index contributed by atoms with van der Waals surface area (Å²) >= 11 is 0. The number of aromatic nitrogens is 4. The number of carbonyl (C=O) groups excluding carboxylic acids is 1. The molecule has 1 atom stereocenters. The molecule has 0 aliphatic carbocycles. The highest BCUT2D eigenvalue weighted by molar-refractivity contribution is 5.76. The Morgan fingerprint density at radius 3 is 3.04 bits per heavy atom. The third-order valence-corrected chi connectivity index (χ3v) is 4.76. The average Bonchev–Trinajstić information content (AvgIpc) is 3.12. The molecule has 0 unspecified atom stereocenters. The summed E-state index contributed by atoms with van der Waals surface area (Å²) < 4.78 is 7.91. The average molecular weight is 357 g/mol. The number of aryl methyl sites for hydroxylation is 4. The van der Waals surface area contributed by atoms with E-state index >= 15 is 0 Å². The molecule has 1 aliphatic heterocycles.